The van der Waals surface area contributed by atoms with Gasteiger partial charge in [-0.25, -0.2) is 9.97 Å². The Morgan fingerprint density at radius 2 is 0.860 bits per heavy atom. The van der Waals surface area contributed by atoms with E-state index in [9.17, 15) is 0 Å². The highest BCUT2D eigenvalue weighted by atomic mass is 14.9. The molecule has 57 heavy (non-hydrogen) atoms. The second-order valence-corrected chi connectivity index (χ2v) is 15.7. The standard InChI is InChI=1S/C55H38N2/c1-55(2)48-29-15-28-46(53(48)52-40-23-9-7-19-37(40)30-33-49(52)55)43-31-32-47(42-25-12-11-24-41(42)43)54-56-50(44-26-13-10-22-38(44)35-16-4-3-5-17-35)34-51(57-54)45-27-14-20-36-18-6-8-21-39(36)45/h3-34H,1-2H3. The van der Waals surface area contributed by atoms with Gasteiger partial charge < -0.3 is 0 Å². The third-order valence-electron chi connectivity index (χ3n) is 12.1. The minimum Gasteiger partial charge on any atom is -0.228 e. The Labute approximate surface area is 332 Å². The topological polar surface area (TPSA) is 25.8 Å². The molecule has 2 heteroatoms. The quantitative estimate of drug-likeness (QED) is 0.176. The van der Waals surface area contributed by atoms with Crippen molar-refractivity contribution in [1.82, 2.24) is 9.97 Å². The summed E-state index contributed by atoms with van der Waals surface area (Å²) in [5.74, 6) is 0.705. The van der Waals surface area contributed by atoms with Gasteiger partial charge in [-0.2, -0.15) is 0 Å². The summed E-state index contributed by atoms with van der Waals surface area (Å²) in [4.78, 5) is 10.9. The number of aromatic nitrogens is 2. The van der Waals surface area contributed by atoms with Gasteiger partial charge in [0.05, 0.1) is 11.4 Å². The van der Waals surface area contributed by atoms with Crippen LogP contribution in [-0.4, -0.2) is 9.97 Å². The fourth-order valence-electron chi connectivity index (χ4n) is 9.37. The molecule has 10 aromatic rings. The lowest BCUT2D eigenvalue weighted by atomic mass is 9.81. The molecule has 0 atom stereocenters. The summed E-state index contributed by atoms with van der Waals surface area (Å²) < 4.78 is 0. The van der Waals surface area contributed by atoms with Gasteiger partial charge in [0, 0.05) is 22.1 Å². The molecule has 1 heterocycles. The van der Waals surface area contributed by atoms with Crippen LogP contribution in [0.1, 0.15) is 25.0 Å². The Morgan fingerprint density at radius 1 is 0.333 bits per heavy atom. The Balaban J connectivity index is 1.16. The van der Waals surface area contributed by atoms with Gasteiger partial charge in [-0.05, 0) is 89.0 Å². The van der Waals surface area contributed by atoms with E-state index in [4.69, 9.17) is 9.97 Å². The van der Waals surface area contributed by atoms with Crippen LogP contribution in [0.15, 0.2) is 194 Å². The van der Waals surface area contributed by atoms with Gasteiger partial charge in [0.15, 0.2) is 5.82 Å². The zero-order valence-corrected chi connectivity index (χ0v) is 31.9. The highest BCUT2D eigenvalue weighted by molar-refractivity contribution is 6.11. The van der Waals surface area contributed by atoms with Crippen LogP contribution in [0.2, 0.25) is 0 Å². The molecule has 0 fully saturated rings. The summed E-state index contributed by atoms with van der Waals surface area (Å²) in [5.41, 5.74) is 15.0. The van der Waals surface area contributed by atoms with E-state index in [1.165, 1.54) is 60.3 Å². The molecule has 268 valence electrons. The van der Waals surface area contributed by atoms with Crippen molar-refractivity contribution in [1.29, 1.82) is 0 Å². The smallest absolute Gasteiger partial charge is 0.161 e. The van der Waals surface area contributed by atoms with Gasteiger partial charge in [-0.15, -0.1) is 0 Å². The highest BCUT2D eigenvalue weighted by Crippen LogP contribution is 2.55. The van der Waals surface area contributed by atoms with Crippen LogP contribution in [0.3, 0.4) is 0 Å². The molecule has 0 unspecified atom stereocenters. The number of hydrogen-bond acceptors (Lipinski definition) is 2. The van der Waals surface area contributed by atoms with E-state index >= 15 is 0 Å². The van der Waals surface area contributed by atoms with Crippen molar-refractivity contribution >= 4 is 32.3 Å². The first-order valence-electron chi connectivity index (χ1n) is 19.8. The summed E-state index contributed by atoms with van der Waals surface area (Å²) in [7, 11) is 0. The van der Waals surface area contributed by atoms with E-state index in [0.29, 0.717) is 5.82 Å². The maximum atomic E-state index is 5.45. The predicted octanol–water partition coefficient (Wildman–Crippen LogP) is 14.6. The molecule has 0 saturated carbocycles. The first kappa shape index (κ1) is 33.2. The molecule has 9 aromatic carbocycles. The van der Waals surface area contributed by atoms with Gasteiger partial charge in [0.25, 0.3) is 0 Å². The van der Waals surface area contributed by atoms with Gasteiger partial charge in [0.2, 0.25) is 0 Å². The molecule has 0 bridgehead atoms. The molecule has 0 N–H and O–H groups in total. The first-order valence-corrected chi connectivity index (χ1v) is 19.8. The lowest BCUT2D eigenvalue weighted by Crippen LogP contribution is -2.14. The van der Waals surface area contributed by atoms with Crippen LogP contribution in [-0.2, 0) is 5.41 Å². The molecule has 0 amide bonds. The maximum absolute atomic E-state index is 5.45. The van der Waals surface area contributed by atoms with E-state index in [1.807, 2.05) is 0 Å². The number of fused-ring (bicyclic) bond motifs is 7. The zero-order valence-electron chi connectivity index (χ0n) is 31.9. The summed E-state index contributed by atoms with van der Waals surface area (Å²) in [6, 6.07) is 70.0. The number of rotatable bonds is 5. The summed E-state index contributed by atoms with van der Waals surface area (Å²) in [5, 5.41) is 7.23. The van der Waals surface area contributed by atoms with Gasteiger partial charge in [-0.3, -0.25) is 0 Å². The van der Waals surface area contributed by atoms with Crippen molar-refractivity contribution in [2.45, 2.75) is 19.3 Å². The van der Waals surface area contributed by atoms with E-state index in [-0.39, 0.29) is 5.41 Å². The largest absolute Gasteiger partial charge is 0.228 e. The Hall–Kier alpha value is -7.16. The lowest BCUT2D eigenvalue weighted by Gasteiger charge is -2.22. The van der Waals surface area contributed by atoms with Crippen molar-refractivity contribution in [3.8, 4) is 67.3 Å². The number of hydrogen-bond donors (Lipinski definition) is 0. The van der Waals surface area contributed by atoms with Gasteiger partial charge in [-0.1, -0.05) is 196 Å². The van der Waals surface area contributed by atoms with Crippen LogP contribution in [0.25, 0.3) is 99.6 Å². The number of benzene rings is 9. The second-order valence-electron chi connectivity index (χ2n) is 15.7. The van der Waals surface area contributed by atoms with E-state index in [1.54, 1.807) is 0 Å². The second kappa shape index (κ2) is 13.0. The molecule has 1 aliphatic rings. The minimum atomic E-state index is -0.122. The monoisotopic (exact) mass is 726 g/mol. The van der Waals surface area contributed by atoms with Gasteiger partial charge in [0.1, 0.15) is 0 Å². The van der Waals surface area contributed by atoms with E-state index in [2.05, 4.69) is 208 Å². The third kappa shape index (κ3) is 5.25. The molecular formula is C55H38N2. The first-order chi connectivity index (χ1) is 28.0. The molecule has 1 aromatic heterocycles. The van der Waals surface area contributed by atoms with Gasteiger partial charge >= 0.3 is 0 Å². The molecule has 0 spiro atoms. The fraction of sp³-hybridized carbons (Fsp3) is 0.0545. The lowest BCUT2D eigenvalue weighted by molar-refractivity contribution is 0.661. The molecule has 0 saturated heterocycles. The molecule has 2 nitrogen and oxygen atoms in total. The van der Waals surface area contributed by atoms with E-state index in [0.717, 1.165) is 44.6 Å². The Morgan fingerprint density at radius 3 is 1.65 bits per heavy atom. The normalized spacial score (nSPS) is 12.9. The molecule has 11 rings (SSSR count). The van der Waals surface area contributed by atoms with E-state index < -0.39 is 0 Å². The average molecular weight is 727 g/mol. The molecule has 0 aliphatic heterocycles. The van der Waals surface area contributed by atoms with Crippen molar-refractivity contribution in [3.05, 3.63) is 205 Å². The highest BCUT2D eigenvalue weighted by Gasteiger charge is 2.38. The Bertz CT molecular complexity index is 3210. The van der Waals surface area contributed by atoms with Crippen molar-refractivity contribution in [3.63, 3.8) is 0 Å². The molecule has 1 aliphatic carbocycles. The van der Waals surface area contributed by atoms with Crippen molar-refractivity contribution in [2.75, 3.05) is 0 Å². The minimum absolute atomic E-state index is 0.122. The van der Waals surface area contributed by atoms with Crippen LogP contribution in [0.5, 0.6) is 0 Å². The van der Waals surface area contributed by atoms with Crippen LogP contribution < -0.4 is 0 Å². The molecule has 0 radical (unpaired) electrons. The van der Waals surface area contributed by atoms with Crippen molar-refractivity contribution in [2.24, 2.45) is 0 Å². The number of nitrogens with zero attached hydrogens (tertiary/aromatic N) is 2. The summed E-state index contributed by atoms with van der Waals surface area (Å²) in [6.07, 6.45) is 0. The van der Waals surface area contributed by atoms with Crippen LogP contribution in [0, 0.1) is 0 Å². The van der Waals surface area contributed by atoms with Crippen LogP contribution >= 0.6 is 0 Å². The zero-order chi connectivity index (χ0) is 38.1. The fourth-order valence-corrected chi connectivity index (χ4v) is 9.37. The summed E-state index contributed by atoms with van der Waals surface area (Å²) in [6.45, 7) is 4.73. The maximum Gasteiger partial charge on any atom is 0.161 e. The van der Waals surface area contributed by atoms with Crippen LogP contribution in [0.4, 0.5) is 0 Å². The predicted molar refractivity (Wildman–Crippen MR) is 239 cm³/mol. The SMILES string of the molecule is CC1(C)c2cccc(-c3ccc(-c4nc(-c5ccccc5-c5ccccc5)cc(-c5cccc6ccccc56)n4)c4ccccc34)c2-c2c1ccc1ccccc21. The average Bonchev–Trinajstić information content (AvgIpc) is 3.52. The third-order valence-corrected chi connectivity index (χ3v) is 12.1. The summed E-state index contributed by atoms with van der Waals surface area (Å²) >= 11 is 0. The Kier molecular flexibility index (Phi) is 7.55. The van der Waals surface area contributed by atoms with Crippen molar-refractivity contribution < 1.29 is 0 Å². The molecular weight excluding hydrogens is 689 g/mol.